The van der Waals surface area contributed by atoms with Gasteiger partial charge in [-0.25, -0.2) is 0 Å². The maximum atomic E-state index is 12.8. The second kappa shape index (κ2) is 10.2. The lowest BCUT2D eigenvalue weighted by atomic mass is 9.92. The molecule has 0 bridgehead atoms. The number of nitrogens with zero attached hydrogens (tertiary/aromatic N) is 4. The number of amides is 3. The Bertz CT molecular complexity index is 960. The largest absolute Gasteiger partial charge is 0.343 e. The first-order chi connectivity index (χ1) is 15.5. The molecule has 32 heavy (non-hydrogen) atoms. The first-order valence-electron chi connectivity index (χ1n) is 11.3. The first kappa shape index (κ1) is 22.4. The van der Waals surface area contributed by atoms with E-state index in [1.54, 1.807) is 4.90 Å². The normalized spacial score (nSPS) is 17.3. The van der Waals surface area contributed by atoms with Gasteiger partial charge in [0, 0.05) is 38.3 Å². The predicted octanol–water partition coefficient (Wildman–Crippen LogP) is 3.35. The molecule has 2 aliphatic rings. The van der Waals surface area contributed by atoms with Gasteiger partial charge in [0.05, 0.1) is 0 Å². The average molecular weight is 456 g/mol. The number of hydrogen-bond donors (Lipinski definition) is 1. The van der Waals surface area contributed by atoms with Crippen LogP contribution in [0, 0.1) is 12.8 Å². The number of anilines is 1. The van der Waals surface area contributed by atoms with Crippen LogP contribution in [0.15, 0.2) is 24.3 Å². The van der Waals surface area contributed by atoms with Crippen molar-refractivity contribution in [3.05, 3.63) is 39.8 Å². The van der Waals surface area contributed by atoms with Gasteiger partial charge >= 0.3 is 0 Å². The third-order valence-electron chi connectivity index (χ3n) is 6.19. The van der Waals surface area contributed by atoms with E-state index >= 15 is 0 Å². The highest BCUT2D eigenvalue weighted by molar-refractivity contribution is 7.15. The average Bonchev–Trinajstić information content (AvgIpc) is 3.32. The standard InChI is InChI=1S/C23H29N5O3S/c1-16-5-7-18(8-6-16)24-20(30)21-25-26-22(32-21)23(31)28-13-9-17(10-14-28)15-19(29)27-11-3-2-4-12-27/h5-8,17H,2-4,9-15H2,1H3,(H,24,30). The molecule has 2 aliphatic heterocycles. The lowest BCUT2D eigenvalue weighted by Gasteiger charge is -2.33. The molecule has 1 aromatic carbocycles. The van der Waals surface area contributed by atoms with Crippen molar-refractivity contribution in [1.82, 2.24) is 20.0 Å². The van der Waals surface area contributed by atoms with Crippen LogP contribution in [-0.4, -0.2) is 63.9 Å². The summed E-state index contributed by atoms with van der Waals surface area (Å²) >= 11 is 1.01. The molecule has 4 rings (SSSR count). The van der Waals surface area contributed by atoms with E-state index in [-0.39, 0.29) is 27.7 Å². The summed E-state index contributed by atoms with van der Waals surface area (Å²) < 4.78 is 0. The first-order valence-corrected chi connectivity index (χ1v) is 12.1. The van der Waals surface area contributed by atoms with Gasteiger partial charge in [0.2, 0.25) is 15.9 Å². The molecule has 2 aromatic rings. The highest BCUT2D eigenvalue weighted by Crippen LogP contribution is 2.24. The summed E-state index contributed by atoms with van der Waals surface area (Å²) in [4.78, 5) is 41.5. The van der Waals surface area contributed by atoms with Crippen LogP contribution >= 0.6 is 11.3 Å². The molecule has 0 saturated carbocycles. The Hall–Kier alpha value is -2.81. The van der Waals surface area contributed by atoms with Crippen LogP contribution in [0.2, 0.25) is 0 Å². The van der Waals surface area contributed by atoms with Crippen molar-refractivity contribution in [2.75, 3.05) is 31.5 Å². The molecule has 9 heteroatoms. The Labute approximate surface area is 192 Å². The van der Waals surface area contributed by atoms with Gasteiger partial charge in [-0.15, -0.1) is 10.2 Å². The molecule has 2 saturated heterocycles. The minimum atomic E-state index is -0.375. The Morgan fingerprint density at radius 2 is 1.59 bits per heavy atom. The SMILES string of the molecule is Cc1ccc(NC(=O)c2nnc(C(=O)N3CCC(CC(=O)N4CCCCC4)CC3)s2)cc1. The number of aromatic nitrogens is 2. The van der Waals surface area contributed by atoms with Crippen molar-refractivity contribution in [3.8, 4) is 0 Å². The molecule has 0 unspecified atom stereocenters. The highest BCUT2D eigenvalue weighted by atomic mass is 32.1. The van der Waals surface area contributed by atoms with Crippen LogP contribution < -0.4 is 5.32 Å². The third-order valence-corrected chi connectivity index (χ3v) is 7.10. The summed E-state index contributed by atoms with van der Waals surface area (Å²) in [5, 5.41) is 11.0. The minimum absolute atomic E-state index is 0.163. The lowest BCUT2D eigenvalue weighted by molar-refractivity contribution is -0.133. The number of rotatable bonds is 5. The molecule has 0 radical (unpaired) electrons. The van der Waals surface area contributed by atoms with Crippen molar-refractivity contribution in [3.63, 3.8) is 0 Å². The van der Waals surface area contributed by atoms with Crippen LogP contribution in [-0.2, 0) is 4.79 Å². The number of piperidine rings is 2. The number of aryl methyl sites for hydroxylation is 1. The van der Waals surface area contributed by atoms with Crippen LogP contribution in [0.1, 0.15) is 63.7 Å². The van der Waals surface area contributed by atoms with Crippen LogP contribution in [0.3, 0.4) is 0 Å². The van der Waals surface area contributed by atoms with Gasteiger partial charge in [-0.1, -0.05) is 29.0 Å². The van der Waals surface area contributed by atoms with Crippen LogP contribution in [0.5, 0.6) is 0 Å². The van der Waals surface area contributed by atoms with Crippen molar-refractivity contribution in [2.45, 2.75) is 45.4 Å². The fraction of sp³-hybridized carbons (Fsp3) is 0.522. The van der Waals surface area contributed by atoms with Gasteiger partial charge < -0.3 is 15.1 Å². The summed E-state index contributed by atoms with van der Waals surface area (Å²) in [5.41, 5.74) is 1.77. The summed E-state index contributed by atoms with van der Waals surface area (Å²) in [7, 11) is 0. The van der Waals surface area contributed by atoms with Crippen LogP contribution in [0.4, 0.5) is 5.69 Å². The van der Waals surface area contributed by atoms with Gasteiger partial charge in [-0.3, -0.25) is 14.4 Å². The fourth-order valence-electron chi connectivity index (χ4n) is 4.22. The number of benzene rings is 1. The van der Waals surface area contributed by atoms with E-state index in [0.717, 1.165) is 55.7 Å². The number of nitrogens with one attached hydrogen (secondary N) is 1. The summed E-state index contributed by atoms with van der Waals surface area (Å²) in [6.07, 6.45) is 5.61. The van der Waals surface area contributed by atoms with E-state index in [0.29, 0.717) is 31.1 Å². The molecule has 1 aromatic heterocycles. The molecule has 1 N–H and O–H groups in total. The van der Waals surface area contributed by atoms with Crippen molar-refractivity contribution in [2.24, 2.45) is 5.92 Å². The zero-order valence-corrected chi connectivity index (χ0v) is 19.2. The fourth-order valence-corrected chi connectivity index (χ4v) is 4.92. The zero-order valence-electron chi connectivity index (χ0n) is 18.4. The van der Waals surface area contributed by atoms with Crippen molar-refractivity contribution < 1.29 is 14.4 Å². The molecular weight excluding hydrogens is 426 g/mol. The van der Waals surface area contributed by atoms with Crippen molar-refractivity contribution in [1.29, 1.82) is 0 Å². The number of likely N-dealkylation sites (tertiary alicyclic amines) is 2. The van der Waals surface area contributed by atoms with E-state index in [1.165, 1.54) is 6.42 Å². The molecule has 0 aliphatic carbocycles. The summed E-state index contributed by atoms with van der Waals surface area (Å²) in [6.45, 7) is 4.94. The Balaban J connectivity index is 1.27. The monoisotopic (exact) mass is 455 g/mol. The van der Waals surface area contributed by atoms with Gasteiger partial charge in [-0.05, 0) is 57.1 Å². The van der Waals surface area contributed by atoms with E-state index in [4.69, 9.17) is 0 Å². The molecule has 0 spiro atoms. The van der Waals surface area contributed by atoms with E-state index in [9.17, 15) is 14.4 Å². The molecule has 0 atom stereocenters. The van der Waals surface area contributed by atoms with E-state index in [2.05, 4.69) is 15.5 Å². The number of carbonyl (C=O) groups excluding carboxylic acids is 3. The predicted molar refractivity (Wildman–Crippen MR) is 123 cm³/mol. The maximum Gasteiger partial charge on any atom is 0.286 e. The molecule has 2 fully saturated rings. The second-order valence-electron chi connectivity index (χ2n) is 8.61. The van der Waals surface area contributed by atoms with Gasteiger partial charge in [0.15, 0.2) is 0 Å². The smallest absolute Gasteiger partial charge is 0.286 e. The number of carbonyl (C=O) groups is 3. The summed E-state index contributed by atoms with van der Waals surface area (Å²) in [6, 6.07) is 7.46. The van der Waals surface area contributed by atoms with Gasteiger partial charge in [-0.2, -0.15) is 0 Å². The maximum absolute atomic E-state index is 12.8. The minimum Gasteiger partial charge on any atom is -0.343 e. The molecule has 3 amide bonds. The lowest BCUT2D eigenvalue weighted by Crippen LogP contribution is -2.41. The third kappa shape index (κ3) is 5.51. The second-order valence-corrected chi connectivity index (χ2v) is 9.59. The Morgan fingerprint density at radius 1 is 0.938 bits per heavy atom. The zero-order chi connectivity index (χ0) is 22.5. The Morgan fingerprint density at radius 3 is 2.28 bits per heavy atom. The molecule has 3 heterocycles. The van der Waals surface area contributed by atoms with Crippen molar-refractivity contribution >= 4 is 34.7 Å². The van der Waals surface area contributed by atoms with Gasteiger partial charge in [0.25, 0.3) is 11.8 Å². The quantitative estimate of drug-likeness (QED) is 0.746. The molecule has 8 nitrogen and oxygen atoms in total. The van der Waals surface area contributed by atoms with E-state index in [1.807, 2.05) is 36.1 Å². The molecular formula is C23H29N5O3S. The van der Waals surface area contributed by atoms with Crippen LogP contribution in [0.25, 0.3) is 0 Å². The molecule has 170 valence electrons. The Kier molecular flexibility index (Phi) is 7.14. The topological polar surface area (TPSA) is 95.5 Å². The number of hydrogen-bond acceptors (Lipinski definition) is 6. The van der Waals surface area contributed by atoms with Gasteiger partial charge in [0.1, 0.15) is 0 Å². The van der Waals surface area contributed by atoms with E-state index < -0.39 is 0 Å². The highest BCUT2D eigenvalue weighted by Gasteiger charge is 2.29. The summed E-state index contributed by atoms with van der Waals surface area (Å²) in [5.74, 6) is -0.000366.